The minimum absolute atomic E-state index is 0.00287. The van der Waals surface area contributed by atoms with E-state index in [0.29, 0.717) is 48.7 Å². The number of aromatic nitrogens is 2. The molecule has 2 spiro atoms. The summed E-state index contributed by atoms with van der Waals surface area (Å²) < 4.78 is 147. The highest BCUT2D eigenvalue weighted by atomic mass is 35.5. The van der Waals surface area contributed by atoms with Crippen molar-refractivity contribution in [3.8, 4) is 22.5 Å². The summed E-state index contributed by atoms with van der Waals surface area (Å²) in [6.07, 6.45) is -1.99. The Hall–Kier alpha value is -3.65. The number of hydrogen-bond donors (Lipinski definition) is 1. The lowest BCUT2D eigenvalue weighted by Gasteiger charge is -2.35. The van der Waals surface area contributed by atoms with Crippen LogP contribution in [-0.4, -0.2) is 65.6 Å². The lowest BCUT2D eigenvalue weighted by atomic mass is 9.91. The van der Waals surface area contributed by atoms with Crippen molar-refractivity contribution in [2.45, 2.75) is 151 Å². The van der Waals surface area contributed by atoms with Crippen LogP contribution < -0.4 is 0 Å². The van der Waals surface area contributed by atoms with Crippen molar-refractivity contribution in [2.75, 3.05) is 26.4 Å². The van der Waals surface area contributed by atoms with Gasteiger partial charge in [0.15, 0.2) is 11.6 Å². The third kappa shape index (κ3) is 10.9. The van der Waals surface area contributed by atoms with Crippen molar-refractivity contribution in [1.82, 2.24) is 10.3 Å². The smallest absolute Gasteiger partial charge is 0.264 e. The average Bonchev–Trinajstić information content (AvgIpc) is 4.13. The molecular weight excluding hydrogens is 896 g/mol. The maximum Gasteiger partial charge on any atom is 0.264 e. The molecule has 1 N–H and O–H groups in total. The van der Waals surface area contributed by atoms with E-state index in [2.05, 4.69) is 10.3 Å². The fourth-order valence-electron chi connectivity index (χ4n) is 9.10. The lowest BCUT2D eigenvalue weighted by Crippen LogP contribution is -2.37. The van der Waals surface area contributed by atoms with Crippen LogP contribution in [0.4, 0.5) is 35.1 Å². The first-order chi connectivity index (χ1) is 31.3. The average molecular weight is 947 g/mol. The molecule has 4 aromatic rings. The number of nitrogens with zero attached hydrogens (tertiary/aromatic N) is 2. The van der Waals surface area contributed by atoms with Crippen molar-refractivity contribution >= 4 is 11.6 Å². The van der Waals surface area contributed by atoms with Crippen LogP contribution in [-0.2, 0) is 36.2 Å². The molecule has 2 aromatic carbocycles. The van der Waals surface area contributed by atoms with E-state index >= 15 is 0 Å². The Morgan fingerprint density at radius 2 is 0.938 bits per heavy atom. The molecule has 4 saturated carbocycles. The molecule has 10 nitrogen and oxygen atoms in total. The van der Waals surface area contributed by atoms with Crippen molar-refractivity contribution in [1.29, 1.82) is 0 Å². The molecule has 4 heterocycles. The fourth-order valence-corrected chi connectivity index (χ4v) is 9.36. The Kier molecular flexibility index (Phi) is 15.2. The molecule has 0 atom stereocenters. The van der Waals surface area contributed by atoms with Gasteiger partial charge in [-0.15, -0.1) is 11.6 Å². The summed E-state index contributed by atoms with van der Waals surface area (Å²) >= 11 is 5.89. The molecule has 2 aromatic heterocycles. The summed E-state index contributed by atoms with van der Waals surface area (Å²) in [4.78, 5) is 0. The Balaban J connectivity index is 0.000000150. The first-order valence-corrected chi connectivity index (χ1v) is 22.6. The minimum atomic E-state index is -2.92. The van der Waals surface area contributed by atoms with E-state index in [0.717, 1.165) is 102 Å². The normalized spacial score (nSPS) is 21.7. The number of hydrogen-bond acceptors (Lipinski definition) is 10. The van der Waals surface area contributed by atoms with Gasteiger partial charge >= 0.3 is 0 Å². The molecule has 0 unspecified atom stereocenters. The molecule has 356 valence electrons. The van der Waals surface area contributed by atoms with E-state index < -0.39 is 53.7 Å². The van der Waals surface area contributed by atoms with Gasteiger partial charge in [-0.25, -0.2) is 35.1 Å². The number of ether oxygens (including phenoxy) is 5. The molecule has 2 saturated heterocycles. The van der Waals surface area contributed by atoms with Crippen LogP contribution >= 0.6 is 11.6 Å². The van der Waals surface area contributed by atoms with Crippen molar-refractivity contribution in [3.05, 3.63) is 81.3 Å². The third-order valence-electron chi connectivity index (χ3n) is 12.8. The molecule has 6 fully saturated rings. The highest BCUT2D eigenvalue weighted by Gasteiger charge is 2.42. The van der Waals surface area contributed by atoms with E-state index in [4.69, 9.17) is 44.3 Å². The zero-order valence-electron chi connectivity index (χ0n) is 35.4. The Morgan fingerprint density at radius 3 is 1.31 bits per heavy atom. The number of halogens is 9. The third-order valence-corrected chi connectivity index (χ3v) is 13.1. The Bertz CT molecular complexity index is 2130. The first-order valence-electron chi connectivity index (χ1n) is 22.1. The summed E-state index contributed by atoms with van der Waals surface area (Å²) in [6, 6.07) is 6.96. The highest BCUT2D eigenvalue weighted by molar-refractivity contribution is 6.17. The van der Waals surface area contributed by atoms with E-state index in [1.165, 1.54) is 12.1 Å². The Labute approximate surface area is 375 Å². The van der Waals surface area contributed by atoms with Crippen LogP contribution in [0.15, 0.2) is 45.4 Å². The fraction of sp³-hybridized carbons (Fsp3) is 0.609. The molecule has 19 heteroatoms. The number of benzene rings is 2. The van der Waals surface area contributed by atoms with Gasteiger partial charge in [0.25, 0.3) is 25.7 Å². The van der Waals surface area contributed by atoms with Crippen LogP contribution in [0.1, 0.15) is 159 Å². The van der Waals surface area contributed by atoms with Gasteiger partial charge in [-0.2, -0.15) is 0 Å². The standard InChI is InChI=1S/C23H25F4NO4.C15H12ClF4NO.C8H14O3/c24-21(25)15-2-1-3-16(22(26)27)18(15)19-17(20(32-28-19)13-4-5-13)12-29-14-6-8-23(9-7-14)30-10-11-31-23;16-6-10-12(21-22-13(10)7-4-5-7)11-8(14(17)18)2-1-3-9(11)15(19)20;9-7-1-3-8(4-2-7)10-5-6-11-8/h1-3,13-14,21-22H,4-12H2;1-3,7,14-15H,4-6H2;7,9H,1-6H2. The summed E-state index contributed by atoms with van der Waals surface area (Å²) in [7, 11) is 0. The van der Waals surface area contributed by atoms with Crippen LogP contribution in [0.2, 0.25) is 0 Å². The summed E-state index contributed by atoms with van der Waals surface area (Å²) in [5.74, 6) is 0.518. The lowest BCUT2D eigenvalue weighted by molar-refractivity contribution is -0.192. The van der Waals surface area contributed by atoms with Crippen LogP contribution in [0.3, 0.4) is 0 Å². The minimum Gasteiger partial charge on any atom is -0.393 e. The van der Waals surface area contributed by atoms with Crippen LogP contribution in [0, 0.1) is 0 Å². The molecule has 6 aliphatic rings. The molecule has 4 aliphatic carbocycles. The molecule has 2 aliphatic heterocycles. The van der Waals surface area contributed by atoms with Gasteiger partial charge in [0.05, 0.1) is 51.1 Å². The summed E-state index contributed by atoms with van der Waals surface area (Å²) in [5, 5.41) is 17.0. The molecule has 0 amide bonds. The van der Waals surface area contributed by atoms with Gasteiger partial charge in [0.1, 0.15) is 22.9 Å². The van der Waals surface area contributed by atoms with Crippen molar-refractivity contribution in [3.63, 3.8) is 0 Å². The number of aliphatic hydroxyl groups is 1. The second-order valence-corrected chi connectivity index (χ2v) is 17.5. The van der Waals surface area contributed by atoms with Crippen LogP contribution in [0.5, 0.6) is 0 Å². The first kappa shape index (κ1) is 47.8. The number of aliphatic hydroxyl groups excluding tert-OH is 1. The zero-order valence-corrected chi connectivity index (χ0v) is 36.2. The van der Waals surface area contributed by atoms with Gasteiger partial charge in [0.2, 0.25) is 0 Å². The summed E-state index contributed by atoms with van der Waals surface area (Å²) in [6.45, 7) is 2.70. The van der Waals surface area contributed by atoms with Crippen molar-refractivity contribution < 1.29 is 73.0 Å². The summed E-state index contributed by atoms with van der Waals surface area (Å²) in [5.41, 5.74) is -1.48. The zero-order chi connectivity index (χ0) is 45.9. The topological polar surface area (TPSA) is 118 Å². The molecule has 65 heavy (non-hydrogen) atoms. The second kappa shape index (κ2) is 20.7. The van der Waals surface area contributed by atoms with Crippen LogP contribution in [0.25, 0.3) is 22.5 Å². The number of rotatable bonds is 12. The molecule has 10 rings (SSSR count). The van der Waals surface area contributed by atoms with Gasteiger partial charge in [-0.3, -0.25) is 0 Å². The maximum atomic E-state index is 13.7. The predicted molar refractivity (Wildman–Crippen MR) is 218 cm³/mol. The molecule has 0 bridgehead atoms. The molecule has 0 radical (unpaired) electrons. The van der Waals surface area contributed by atoms with E-state index in [1.54, 1.807) is 0 Å². The van der Waals surface area contributed by atoms with Gasteiger partial charge < -0.3 is 37.8 Å². The predicted octanol–water partition coefficient (Wildman–Crippen LogP) is 12.8. The highest BCUT2D eigenvalue weighted by Crippen LogP contribution is 2.49. The monoisotopic (exact) mass is 946 g/mol. The van der Waals surface area contributed by atoms with Gasteiger partial charge in [-0.05, 0) is 51.4 Å². The van der Waals surface area contributed by atoms with E-state index in [9.17, 15) is 40.2 Å². The maximum absolute atomic E-state index is 13.7. The molecular formula is C46H51ClF8N2O8. The Morgan fingerprint density at radius 1 is 0.569 bits per heavy atom. The largest absolute Gasteiger partial charge is 0.393 e. The van der Waals surface area contributed by atoms with Crippen molar-refractivity contribution in [2.24, 2.45) is 0 Å². The van der Waals surface area contributed by atoms with Gasteiger partial charge in [0, 0.05) is 82.0 Å². The number of alkyl halides is 9. The van der Waals surface area contributed by atoms with Gasteiger partial charge in [-0.1, -0.05) is 46.7 Å². The van der Waals surface area contributed by atoms with E-state index in [-0.39, 0.29) is 64.8 Å². The SMILES string of the molecule is FC(F)c1cccc(C(F)F)c1-c1noc(C2CC2)c1CCl.FC(F)c1cccc(C(F)F)c1-c1noc(C2CC2)c1COC1CCC2(CC1)OCCO2.OC1CCC2(CC1)OCCO2. The second-order valence-electron chi connectivity index (χ2n) is 17.2. The quantitative estimate of drug-likeness (QED) is 0.109. The van der Waals surface area contributed by atoms with E-state index in [1.807, 2.05) is 0 Å².